The van der Waals surface area contributed by atoms with E-state index in [1.807, 2.05) is 12.1 Å². The van der Waals surface area contributed by atoms with Gasteiger partial charge in [0.15, 0.2) is 5.13 Å². The summed E-state index contributed by atoms with van der Waals surface area (Å²) in [6, 6.07) is 13.1. The predicted octanol–water partition coefficient (Wildman–Crippen LogP) is 3.61. The van der Waals surface area contributed by atoms with E-state index >= 15 is 0 Å². The van der Waals surface area contributed by atoms with Gasteiger partial charge in [-0.1, -0.05) is 18.2 Å². The Hall–Kier alpha value is -3.39. The molecule has 0 saturated heterocycles. The number of nitrogens with one attached hydrogen (secondary N) is 1. The molecule has 28 heavy (non-hydrogen) atoms. The summed E-state index contributed by atoms with van der Waals surface area (Å²) in [6.45, 7) is 1.59. The Morgan fingerprint density at radius 2 is 1.86 bits per heavy atom. The quantitative estimate of drug-likeness (QED) is 0.574. The number of anilines is 1. The Morgan fingerprint density at radius 1 is 1.14 bits per heavy atom. The maximum Gasteiger partial charge on any atom is 0.275 e. The van der Waals surface area contributed by atoms with E-state index in [4.69, 9.17) is 0 Å². The molecule has 0 bridgehead atoms. The van der Waals surface area contributed by atoms with Crippen LogP contribution in [-0.4, -0.2) is 20.7 Å². The zero-order chi connectivity index (χ0) is 19.7. The molecular weight excluding hydrogens is 379 g/mol. The number of nitrogens with zero attached hydrogens (tertiary/aromatic N) is 3. The highest BCUT2D eigenvalue weighted by atomic mass is 32.1. The van der Waals surface area contributed by atoms with E-state index in [9.17, 15) is 14.0 Å². The van der Waals surface area contributed by atoms with Crippen LogP contribution in [0.15, 0.2) is 58.7 Å². The summed E-state index contributed by atoms with van der Waals surface area (Å²) in [4.78, 5) is 29.3. The van der Waals surface area contributed by atoms with Crippen LogP contribution in [0.25, 0.3) is 22.0 Å². The Bertz CT molecular complexity index is 1230. The van der Waals surface area contributed by atoms with E-state index in [1.54, 1.807) is 36.6 Å². The van der Waals surface area contributed by atoms with Gasteiger partial charge in [0.2, 0.25) is 5.91 Å². The highest BCUT2D eigenvalue weighted by Gasteiger charge is 2.13. The average molecular weight is 394 g/mol. The Balaban J connectivity index is 1.52. The molecule has 2 heterocycles. The number of halogens is 1. The van der Waals surface area contributed by atoms with Crippen LogP contribution in [0.5, 0.6) is 0 Å². The first kappa shape index (κ1) is 18.0. The Kier molecular flexibility index (Phi) is 4.70. The molecule has 4 aromatic rings. The van der Waals surface area contributed by atoms with Gasteiger partial charge in [0.25, 0.3) is 5.56 Å². The number of carbonyl (C=O) groups excluding carboxylic acids is 1. The molecule has 0 radical (unpaired) electrons. The van der Waals surface area contributed by atoms with E-state index in [2.05, 4.69) is 15.4 Å². The minimum absolute atomic E-state index is 0.212. The van der Waals surface area contributed by atoms with Gasteiger partial charge in [-0.2, -0.15) is 5.10 Å². The van der Waals surface area contributed by atoms with Crippen molar-refractivity contribution in [2.24, 2.45) is 0 Å². The van der Waals surface area contributed by atoms with Crippen molar-refractivity contribution < 1.29 is 9.18 Å². The molecule has 0 unspecified atom stereocenters. The lowest BCUT2D eigenvalue weighted by Gasteiger charge is -2.08. The predicted molar refractivity (Wildman–Crippen MR) is 107 cm³/mol. The average Bonchev–Trinajstić information content (AvgIpc) is 3.15. The molecule has 0 aliphatic carbocycles. The highest BCUT2D eigenvalue weighted by molar-refractivity contribution is 7.14. The number of carbonyl (C=O) groups is 1. The summed E-state index contributed by atoms with van der Waals surface area (Å²) in [6.07, 6.45) is 0. The molecule has 2 aromatic carbocycles. The number of fused-ring (bicyclic) bond motifs is 1. The maximum absolute atomic E-state index is 13.0. The van der Waals surface area contributed by atoms with Gasteiger partial charge in [-0.3, -0.25) is 9.59 Å². The van der Waals surface area contributed by atoms with Crippen LogP contribution in [0, 0.1) is 12.7 Å². The van der Waals surface area contributed by atoms with E-state index in [-0.39, 0.29) is 17.9 Å². The molecule has 0 saturated carbocycles. The molecule has 0 fully saturated rings. The zero-order valence-electron chi connectivity index (χ0n) is 14.8. The first-order valence-electron chi connectivity index (χ1n) is 8.49. The van der Waals surface area contributed by atoms with Crippen molar-refractivity contribution >= 4 is 33.1 Å². The minimum atomic E-state index is -0.399. The smallest absolute Gasteiger partial charge is 0.275 e. The molecule has 4 rings (SSSR count). The van der Waals surface area contributed by atoms with E-state index in [1.165, 1.54) is 23.5 Å². The van der Waals surface area contributed by atoms with Crippen LogP contribution in [0.2, 0.25) is 0 Å². The fourth-order valence-corrected chi connectivity index (χ4v) is 3.63. The summed E-state index contributed by atoms with van der Waals surface area (Å²) in [7, 11) is 0. The van der Waals surface area contributed by atoms with Crippen molar-refractivity contribution in [1.29, 1.82) is 0 Å². The number of rotatable bonds is 4. The van der Waals surface area contributed by atoms with E-state index < -0.39 is 5.91 Å². The van der Waals surface area contributed by atoms with Crippen LogP contribution >= 0.6 is 11.3 Å². The monoisotopic (exact) mass is 394 g/mol. The summed E-state index contributed by atoms with van der Waals surface area (Å²) < 4.78 is 14.2. The molecule has 0 aliphatic heterocycles. The Labute approximate surface area is 163 Å². The van der Waals surface area contributed by atoms with Gasteiger partial charge >= 0.3 is 0 Å². The summed E-state index contributed by atoms with van der Waals surface area (Å²) in [5, 5.41) is 10.4. The molecule has 8 heteroatoms. The van der Waals surface area contributed by atoms with Gasteiger partial charge in [-0.15, -0.1) is 11.3 Å². The third-order valence-corrected chi connectivity index (χ3v) is 4.99. The molecule has 1 N–H and O–H groups in total. The molecular formula is C20H15FN4O2S. The summed E-state index contributed by atoms with van der Waals surface area (Å²) in [5.41, 5.74) is 1.75. The first-order chi connectivity index (χ1) is 13.5. The first-order valence-corrected chi connectivity index (χ1v) is 9.37. The number of hydrogen-bond acceptors (Lipinski definition) is 5. The summed E-state index contributed by atoms with van der Waals surface area (Å²) >= 11 is 1.25. The highest BCUT2D eigenvalue weighted by Crippen LogP contribution is 2.25. The fraction of sp³-hybridized carbons (Fsp3) is 0.100. The topological polar surface area (TPSA) is 76.9 Å². The van der Waals surface area contributed by atoms with Crippen molar-refractivity contribution in [3.63, 3.8) is 0 Å². The number of benzene rings is 2. The van der Waals surface area contributed by atoms with Crippen molar-refractivity contribution in [2.75, 3.05) is 5.32 Å². The number of thiazole rings is 1. The number of amides is 1. The van der Waals surface area contributed by atoms with Crippen molar-refractivity contribution in [2.45, 2.75) is 13.5 Å². The lowest BCUT2D eigenvalue weighted by Crippen LogP contribution is -2.30. The zero-order valence-corrected chi connectivity index (χ0v) is 15.7. The number of aromatic nitrogens is 3. The molecule has 140 valence electrons. The van der Waals surface area contributed by atoms with Gasteiger partial charge in [0, 0.05) is 16.3 Å². The van der Waals surface area contributed by atoms with E-state index in [0.717, 1.165) is 15.6 Å². The summed E-state index contributed by atoms with van der Waals surface area (Å²) in [5.74, 6) is -0.722. The third kappa shape index (κ3) is 3.54. The lowest BCUT2D eigenvalue weighted by atomic mass is 10.1. The number of hydrogen-bond donors (Lipinski definition) is 1. The SMILES string of the molecule is Cc1nn(CC(=O)Nc2nc(-c3ccc(F)cc3)cs2)c(=O)c2ccccc12. The van der Waals surface area contributed by atoms with Crippen LogP contribution in [0.3, 0.4) is 0 Å². The molecule has 6 nitrogen and oxygen atoms in total. The normalized spacial score (nSPS) is 10.9. The van der Waals surface area contributed by atoms with Crippen LogP contribution < -0.4 is 10.9 Å². The molecule has 0 spiro atoms. The van der Waals surface area contributed by atoms with Crippen molar-refractivity contribution in [3.8, 4) is 11.3 Å². The van der Waals surface area contributed by atoms with Crippen molar-refractivity contribution in [3.05, 3.63) is 75.8 Å². The van der Waals surface area contributed by atoms with Gasteiger partial charge < -0.3 is 5.32 Å². The van der Waals surface area contributed by atoms with Crippen LogP contribution in [-0.2, 0) is 11.3 Å². The lowest BCUT2D eigenvalue weighted by molar-refractivity contribution is -0.117. The minimum Gasteiger partial charge on any atom is -0.300 e. The van der Waals surface area contributed by atoms with Crippen LogP contribution in [0.1, 0.15) is 5.69 Å². The molecule has 0 aliphatic rings. The maximum atomic E-state index is 13.0. The second kappa shape index (κ2) is 7.32. The fourth-order valence-electron chi connectivity index (χ4n) is 2.89. The van der Waals surface area contributed by atoms with Gasteiger partial charge in [0.1, 0.15) is 12.4 Å². The number of aryl methyl sites for hydroxylation is 1. The Morgan fingerprint density at radius 3 is 2.61 bits per heavy atom. The molecule has 2 aromatic heterocycles. The largest absolute Gasteiger partial charge is 0.300 e. The van der Waals surface area contributed by atoms with Crippen molar-refractivity contribution in [1.82, 2.24) is 14.8 Å². The van der Waals surface area contributed by atoms with E-state index in [0.29, 0.717) is 21.9 Å². The molecule has 1 amide bonds. The second-order valence-corrected chi connectivity index (χ2v) is 7.04. The van der Waals surface area contributed by atoms with Gasteiger partial charge in [0.05, 0.1) is 16.8 Å². The third-order valence-electron chi connectivity index (χ3n) is 4.24. The molecule has 0 atom stereocenters. The second-order valence-electron chi connectivity index (χ2n) is 6.19. The van der Waals surface area contributed by atoms with Gasteiger partial charge in [-0.05, 0) is 37.3 Å². The standard InChI is InChI=1S/C20H15FN4O2S/c1-12-15-4-2-3-5-16(15)19(27)25(24-12)10-18(26)23-20-22-17(11-28-20)13-6-8-14(21)9-7-13/h2-9,11H,10H2,1H3,(H,22,23,26). The van der Waals surface area contributed by atoms with Crippen LogP contribution in [0.4, 0.5) is 9.52 Å². The van der Waals surface area contributed by atoms with Gasteiger partial charge in [-0.25, -0.2) is 14.1 Å².